The van der Waals surface area contributed by atoms with Gasteiger partial charge in [-0.3, -0.25) is 0 Å². The highest BCUT2D eigenvalue weighted by Crippen LogP contribution is 2.31. The van der Waals surface area contributed by atoms with Gasteiger partial charge in [-0.1, -0.05) is 19.1 Å². The Morgan fingerprint density at radius 3 is 2.71 bits per heavy atom. The van der Waals surface area contributed by atoms with E-state index in [1.165, 1.54) is 0 Å². The van der Waals surface area contributed by atoms with E-state index in [9.17, 15) is 8.42 Å². The minimum absolute atomic E-state index is 0.103. The predicted molar refractivity (Wildman–Crippen MR) is 84.4 cm³/mol. The van der Waals surface area contributed by atoms with Gasteiger partial charge in [0.05, 0.1) is 22.4 Å². The number of methoxy groups -OCH3 is 1. The number of nitrogens with two attached hydrogens (primary N) is 1. The van der Waals surface area contributed by atoms with Crippen molar-refractivity contribution in [1.29, 1.82) is 0 Å². The summed E-state index contributed by atoms with van der Waals surface area (Å²) < 4.78 is 30.0. The van der Waals surface area contributed by atoms with Crippen LogP contribution in [0.15, 0.2) is 29.2 Å². The number of rotatable bonds is 5. The molecule has 2 atom stereocenters. The molecule has 0 aliphatic carbocycles. The summed E-state index contributed by atoms with van der Waals surface area (Å²) in [6.45, 7) is 2.92. The normalized spacial score (nSPS) is 23.3. The van der Waals surface area contributed by atoms with Gasteiger partial charge < -0.3 is 15.4 Å². The van der Waals surface area contributed by atoms with Crippen molar-refractivity contribution in [2.45, 2.75) is 36.8 Å². The van der Waals surface area contributed by atoms with Crippen LogP contribution in [-0.2, 0) is 14.6 Å². The maximum Gasteiger partial charge on any atom is 0.180 e. The summed E-state index contributed by atoms with van der Waals surface area (Å²) in [6, 6.07) is 7.31. The smallest absolute Gasteiger partial charge is 0.180 e. The number of para-hydroxylation sites is 1. The number of piperidine rings is 1. The lowest BCUT2D eigenvalue weighted by molar-refractivity contribution is 0.0708. The van der Waals surface area contributed by atoms with Crippen molar-refractivity contribution in [3.05, 3.63) is 24.3 Å². The summed E-state index contributed by atoms with van der Waals surface area (Å²) in [5.74, 6) is 0.103. The van der Waals surface area contributed by atoms with E-state index in [-0.39, 0.29) is 17.9 Å². The first-order chi connectivity index (χ1) is 10.0. The van der Waals surface area contributed by atoms with Crippen molar-refractivity contribution >= 4 is 15.5 Å². The average molecular weight is 312 g/mol. The Kier molecular flexibility index (Phi) is 5.24. The fourth-order valence-corrected chi connectivity index (χ4v) is 3.98. The minimum atomic E-state index is -3.24. The molecular formula is C15H24N2O3S. The predicted octanol–water partition coefficient (Wildman–Crippen LogP) is 1.42. The fraction of sp³-hybridized carbons (Fsp3) is 0.600. The highest BCUT2D eigenvalue weighted by Gasteiger charge is 2.30. The van der Waals surface area contributed by atoms with Crippen LogP contribution < -0.4 is 10.6 Å². The lowest BCUT2D eigenvalue weighted by Crippen LogP contribution is -2.49. The molecule has 1 saturated heterocycles. The van der Waals surface area contributed by atoms with E-state index in [0.717, 1.165) is 25.1 Å². The number of ether oxygens (including phenoxy) is 1. The first-order valence-electron chi connectivity index (χ1n) is 7.34. The molecule has 0 amide bonds. The van der Waals surface area contributed by atoms with Gasteiger partial charge in [-0.25, -0.2) is 8.42 Å². The van der Waals surface area contributed by atoms with Crippen LogP contribution in [0, 0.1) is 0 Å². The Hall–Kier alpha value is -1.11. The zero-order chi connectivity index (χ0) is 15.5. The van der Waals surface area contributed by atoms with Crippen molar-refractivity contribution in [3.8, 4) is 0 Å². The van der Waals surface area contributed by atoms with Crippen molar-refractivity contribution in [2.75, 3.05) is 30.9 Å². The van der Waals surface area contributed by atoms with E-state index in [1.807, 2.05) is 12.1 Å². The van der Waals surface area contributed by atoms with Crippen LogP contribution in [0.2, 0.25) is 0 Å². The highest BCUT2D eigenvalue weighted by atomic mass is 32.2. The lowest BCUT2D eigenvalue weighted by atomic mass is 9.98. The monoisotopic (exact) mass is 312 g/mol. The maximum absolute atomic E-state index is 12.3. The molecule has 0 bridgehead atoms. The van der Waals surface area contributed by atoms with E-state index in [2.05, 4.69) is 4.90 Å². The standard InChI is InChI=1S/C15H24N2O3S/c1-3-21(18,19)15-7-5-4-6-14(15)17-9-8-13(20-2)10-12(17)11-16/h4-7,12-13H,3,8-11,16H2,1-2H3. The summed E-state index contributed by atoms with van der Waals surface area (Å²) in [4.78, 5) is 2.53. The molecule has 1 aromatic carbocycles. The van der Waals surface area contributed by atoms with E-state index in [4.69, 9.17) is 10.5 Å². The summed E-state index contributed by atoms with van der Waals surface area (Å²) in [6.07, 6.45) is 1.91. The molecular weight excluding hydrogens is 288 g/mol. The van der Waals surface area contributed by atoms with Crippen LogP contribution in [0.5, 0.6) is 0 Å². The molecule has 1 aliphatic rings. The summed E-state index contributed by atoms with van der Waals surface area (Å²) in [5, 5.41) is 0. The molecule has 0 saturated carbocycles. The Morgan fingerprint density at radius 1 is 1.38 bits per heavy atom. The molecule has 2 N–H and O–H groups in total. The van der Waals surface area contributed by atoms with Gasteiger partial charge in [-0.05, 0) is 25.0 Å². The van der Waals surface area contributed by atoms with Crippen molar-refractivity contribution in [3.63, 3.8) is 0 Å². The van der Waals surface area contributed by atoms with Crippen LogP contribution in [-0.4, -0.2) is 46.5 Å². The Labute approximate surface area is 127 Å². The average Bonchev–Trinajstić information content (AvgIpc) is 2.54. The second kappa shape index (κ2) is 6.77. The minimum Gasteiger partial charge on any atom is -0.381 e. The van der Waals surface area contributed by atoms with Crippen LogP contribution in [0.1, 0.15) is 19.8 Å². The number of benzene rings is 1. The van der Waals surface area contributed by atoms with Crippen LogP contribution in [0.25, 0.3) is 0 Å². The van der Waals surface area contributed by atoms with Crippen LogP contribution >= 0.6 is 0 Å². The quantitative estimate of drug-likeness (QED) is 0.890. The van der Waals surface area contributed by atoms with Gasteiger partial charge in [0.1, 0.15) is 0 Å². The third-order valence-corrected chi connectivity index (χ3v) is 5.94. The molecule has 1 aliphatic heterocycles. The Balaban J connectivity index is 2.38. The van der Waals surface area contributed by atoms with Crippen LogP contribution in [0.3, 0.4) is 0 Å². The second-order valence-corrected chi connectivity index (χ2v) is 7.58. The summed E-state index contributed by atoms with van der Waals surface area (Å²) in [5.41, 5.74) is 6.66. The first-order valence-corrected chi connectivity index (χ1v) is 9.00. The maximum atomic E-state index is 12.3. The summed E-state index contributed by atoms with van der Waals surface area (Å²) in [7, 11) is -1.53. The zero-order valence-electron chi connectivity index (χ0n) is 12.7. The third-order valence-electron chi connectivity index (χ3n) is 4.16. The lowest BCUT2D eigenvalue weighted by Gasteiger charge is -2.40. The van der Waals surface area contributed by atoms with E-state index in [0.29, 0.717) is 11.4 Å². The molecule has 5 nitrogen and oxygen atoms in total. The van der Waals surface area contributed by atoms with E-state index >= 15 is 0 Å². The molecule has 0 aromatic heterocycles. The third kappa shape index (κ3) is 3.39. The van der Waals surface area contributed by atoms with Gasteiger partial charge in [0.25, 0.3) is 0 Å². The molecule has 21 heavy (non-hydrogen) atoms. The number of hydrogen-bond donors (Lipinski definition) is 1. The fourth-order valence-electron chi connectivity index (χ4n) is 2.88. The van der Waals surface area contributed by atoms with Crippen LogP contribution in [0.4, 0.5) is 5.69 Å². The molecule has 0 radical (unpaired) electrons. The van der Waals surface area contributed by atoms with Gasteiger partial charge >= 0.3 is 0 Å². The van der Waals surface area contributed by atoms with Crippen molar-refractivity contribution < 1.29 is 13.2 Å². The molecule has 1 aromatic rings. The van der Waals surface area contributed by atoms with Crippen molar-refractivity contribution in [2.24, 2.45) is 5.73 Å². The molecule has 118 valence electrons. The molecule has 1 fully saturated rings. The topological polar surface area (TPSA) is 72.6 Å². The van der Waals surface area contributed by atoms with Gasteiger partial charge in [0.2, 0.25) is 0 Å². The molecule has 6 heteroatoms. The van der Waals surface area contributed by atoms with Crippen molar-refractivity contribution in [1.82, 2.24) is 0 Å². The largest absolute Gasteiger partial charge is 0.381 e. The SMILES string of the molecule is CCS(=O)(=O)c1ccccc1N1CCC(OC)CC1CN. The Bertz CT molecular complexity index is 574. The van der Waals surface area contributed by atoms with E-state index < -0.39 is 9.84 Å². The molecule has 2 rings (SSSR count). The molecule has 1 heterocycles. The summed E-state index contributed by atoms with van der Waals surface area (Å²) >= 11 is 0. The van der Waals surface area contributed by atoms with Gasteiger partial charge in [0.15, 0.2) is 9.84 Å². The molecule has 0 spiro atoms. The number of hydrogen-bond acceptors (Lipinski definition) is 5. The van der Waals surface area contributed by atoms with Gasteiger partial charge in [0, 0.05) is 26.2 Å². The van der Waals surface area contributed by atoms with Gasteiger partial charge in [-0.15, -0.1) is 0 Å². The number of nitrogens with zero attached hydrogens (tertiary/aromatic N) is 1. The number of sulfone groups is 1. The molecule has 2 unspecified atom stereocenters. The van der Waals surface area contributed by atoms with Gasteiger partial charge in [-0.2, -0.15) is 0 Å². The highest BCUT2D eigenvalue weighted by molar-refractivity contribution is 7.91. The second-order valence-electron chi connectivity index (χ2n) is 5.34. The zero-order valence-corrected chi connectivity index (χ0v) is 13.5. The Morgan fingerprint density at radius 2 is 2.10 bits per heavy atom. The first kappa shape index (κ1) is 16.3. The number of anilines is 1. The van der Waals surface area contributed by atoms with E-state index in [1.54, 1.807) is 26.2 Å².